The van der Waals surface area contributed by atoms with Crippen molar-refractivity contribution in [1.29, 1.82) is 0 Å². The Morgan fingerprint density at radius 3 is 2.71 bits per heavy atom. The lowest BCUT2D eigenvalue weighted by molar-refractivity contribution is -0.121. The molecule has 21 heavy (non-hydrogen) atoms. The standard InChI is InChI=1S/C16H22N4O/c1-19(2)15(14-6-4-3-5-7-14)12-18-16(21)8-10-20-11-9-17-13-20/h3-7,9,11,13,15H,8,10,12H2,1-2H3,(H,18,21). The zero-order valence-electron chi connectivity index (χ0n) is 12.6. The van der Waals surface area contributed by atoms with Crippen molar-refractivity contribution >= 4 is 5.91 Å². The van der Waals surface area contributed by atoms with Gasteiger partial charge in [-0.1, -0.05) is 30.3 Å². The fraction of sp³-hybridized carbons (Fsp3) is 0.375. The van der Waals surface area contributed by atoms with Crippen molar-refractivity contribution < 1.29 is 4.79 Å². The van der Waals surface area contributed by atoms with Gasteiger partial charge in [0.2, 0.25) is 5.91 Å². The minimum absolute atomic E-state index is 0.0616. The van der Waals surface area contributed by atoms with Gasteiger partial charge in [0.05, 0.1) is 12.4 Å². The van der Waals surface area contributed by atoms with Gasteiger partial charge in [-0.15, -0.1) is 0 Å². The molecule has 0 aliphatic rings. The first-order valence-electron chi connectivity index (χ1n) is 7.10. The summed E-state index contributed by atoms with van der Waals surface area (Å²) >= 11 is 0. The Hall–Kier alpha value is -2.14. The molecule has 0 saturated carbocycles. The Morgan fingerprint density at radius 2 is 2.10 bits per heavy atom. The van der Waals surface area contributed by atoms with Gasteiger partial charge in [-0.2, -0.15) is 0 Å². The van der Waals surface area contributed by atoms with Gasteiger partial charge in [-0.05, 0) is 19.7 Å². The summed E-state index contributed by atoms with van der Waals surface area (Å²) in [5.41, 5.74) is 1.21. The van der Waals surface area contributed by atoms with Crippen molar-refractivity contribution in [1.82, 2.24) is 19.8 Å². The molecule has 2 aromatic rings. The van der Waals surface area contributed by atoms with Crippen molar-refractivity contribution in [3.8, 4) is 0 Å². The fourth-order valence-electron chi connectivity index (χ4n) is 2.22. The Morgan fingerprint density at radius 1 is 1.33 bits per heavy atom. The summed E-state index contributed by atoms with van der Waals surface area (Å²) in [7, 11) is 4.05. The largest absolute Gasteiger partial charge is 0.354 e. The topological polar surface area (TPSA) is 50.2 Å². The lowest BCUT2D eigenvalue weighted by Gasteiger charge is -2.25. The lowest BCUT2D eigenvalue weighted by Crippen LogP contribution is -2.34. The van der Waals surface area contributed by atoms with Crippen LogP contribution in [0.4, 0.5) is 0 Å². The number of hydrogen-bond donors (Lipinski definition) is 1. The molecule has 0 bridgehead atoms. The van der Waals surface area contributed by atoms with Crippen LogP contribution in [0.15, 0.2) is 49.1 Å². The smallest absolute Gasteiger partial charge is 0.221 e. The Labute approximate surface area is 125 Å². The first-order valence-corrected chi connectivity index (χ1v) is 7.10. The highest BCUT2D eigenvalue weighted by Crippen LogP contribution is 2.16. The van der Waals surface area contributed by atoms with E-state index in [-0.39, 0.29) is 11.9 Å². The van der Waals surface area contributed by atoms with Gasteiger partial charge in [0, 0.05) is 31.9 Å². The number of imidazole rings is 1. The highest BCUT2D eigenvalue weighted by Gasteiger charge is 2.14. The number of rotatable bonds is 7. The molecule has 1 aromatic heterocycles. The van der Waals surface area contributed by atoms with E-state index >= 15 is 0 Å². The van der Waals surface area contributed by atoms with Crippen LogP contribution in [0.1, 0.15) is 18.0 Å². The molecule has 0 saturated heterocycles. The number of likely N-dealkylation sites (N-methyl/N-ethyl adjacent to an activating group) is 1. The molecule has 1 N–H and O–H groups in total. The van der Waals surface area contributed by atoms with Gasteiger partial charge in [0.1, 0.15) is 0 Å². The third-order valence-electron chi connectivity index (χ3n) is 3.46. The summed E-state index contributed by atoms with van der Waals surface area (Å²) in [5, 5.41) is 3.01. The predicted molar refractivity (Wildman–Crippen MR) is 82.7 cm³/mol. The van der Waals surface area contributed by atoms with E-state index in [1.807, 2.05) is 43.1 Å². The second-order valence-corrected chi connectivity index (χ2v) is 5.24. The lowest BCUT2D eigenvalue weighted by atomic mass is 10.1. The average Bonchev–Trinajstić information content (AvgIpc) is 2.99. The van der Waals surface area contributed by atoms with Crippen molar-refractivity contribution in [2.75, 3.05) is 20.6 Å². The zero-order valence-corrected chi connectivity index (χ0v) is 12.6. The molecule has 0 fully saturated rings. The number of amides is 1. The number of benzene rings is 1. The predicted octanol–water partition coefficient (Wildman–Crippen LogP) is 1.69. The maximum absolute atomic E-state index is 11.9. The van der Waals surface area contributed by atoms with E-state index in [9.17, 15) is 4.79 Å². The molecular weight excluding hydrogens is 264 g/mol. The first-order chi connectivity index (χ1) is 10.2. The number of aryl methyl sites for hydroxylation is 1. The molecule has 0 aliphatic heterocycles. The monoisotopic (exact) mass is 286 g/mol. The second kappa shape index (κ2) is 7.59. The maximum Gasteiger partial charge on any atom is 0.221 e. The SMILES string of the molecule is CN(C)C(CNC(=O)CCn1ccnc1)c1ccccc1. The molecular formula is C16H22N4O. The number of carbonyl (C=O) groups excluding carboxylic acids is 1. The molecule has 0 spiro atoms. The van der Waals surface area contributed by atoms with Crippen LogP contribution in [0.3, 0.4) is 0 Å². The van der Waals surface area contributed by atoms with E-state index in [1.54, 1.807) is 12.5 Å². The summed E-state index contributed by atoms with van der Waals surface area (Å²) in [5.74, 6) is 0.0616. The van der Waals surface area contributed by atoms with Crippen molar-refractivity contribution in [3.05, 3.63) is 54.6 Å². The summed E-state index contributed by atoms with van der Waals surface area (Å²) in [6, 6.07) is 10.4. The Balaban J connectivity index is 1.83. The molecule has 1 amide bonds. The summed E-state index contributed by atoms with van der Waals surface area (Å²) in [6.07, 6.45) is 5.76. The first kappa shape index (κ1) is 15.3. The van der Waals surface area contributed by atoms with E-state index in [1.165, 1.54) is 5.56 Å². The van der Waals surface area contributed by atoms with Crippen molar-refractivity contribution in [2.45, 2.75) is 19.0 Å². The van der Waals surface area contributed by atoms with Crippen LogP contribution in [0, 0.1) is 0 Å². The van der Waals surface area contributed by atoms with E-state index in [2.05, 4.69) is 27.3 Å². The van der Waals surface area contributed by atoms with E-state index in [0.717, 1.165) is 0 Å². The molecule has 2 rings (SSSR count). The van der Waals surface area contributed by atoms with Crippen LogP contribution in [-0.2, 0) is 11.3 Å². The molecule has 1 aromatic carbocycles. The molecule has 112 valence electrons. The van der Waals surface area contributed by atoms with E-state index in [0.29, 0.717) is 19.5 Å². The Kier molecular flexibility index (Phi) is 5.51. The highest BCUT2D eigenvalue weighted by molar-refractivity contribution is 5.75. The summed E-state index contributed by atoms with van der Waals surface area (Å²) in [6.45, 7) is 1.27. The van der Waals surface area contributed by atoms with Gasteiger partial charge in [0.25, 0.3) is 0 Å². The fourth-order valence-corrected chi connectivity index (χ4v) is 2.22. The van der Waals surface area contributed by atoms with Gasteiger partial charge in [-0.25, -0.2) is 4.98 Å². The van der Waals surface area contributed by atoms with Crippen LogP contribution in [0.2, 0.25) is 0 Å². The van der Waals surface area contributed by atoms with Gasteiger partial charge >= 0.3 is 0 Å². The highest BCUT2D eigenvalue weighted by atomic mass is 16.1. The Bertz CT molecular complexity index is 537. The van der Waals surface area contributed by atoms with Gasteiger partial charge in [-0.3, -0.25) is 4.79 Å². The van der Waals surface area contributed by atoms with Crippen LogP contribution >= 0.6 is 0 Å². The van der Waals surface area contributed by atoms with Gasteiger partial charge in [0.15, 0.2) is 0 Å². The van der Waals surface area contributed by atoms with Crippen molar-refractivity contribution in [2.24, 2.45) is 0 Å². The minimum Gasteiger partial charge on any atom is -0.354 e. The molecule has 1 heterocycles. The second-order valence-electron chi connectivity index (χ2n) is 5.24. The summed E-state index contributed by atoms with van der Waals surface area (Å²) < 4.78 is 1.90. The zero-order chi connectivity index (χ0) is 15.1. The molecule has 0 aliphatic carbocycles. The number of hydrogen-bond acceptors (Lipinski definition) is 3. The average molecular weight is 286 g/mol. The maximum atomic E-state index is 11.9. The number of carbonyl (C=O) groups is 1. The normalized spacial score (nSPS) is 12.3. The number of aromatic nitrogens is 2. The van der Waals surface area contributed by atoms with Gasteiger partial charge < -0.3 is 14.8 Å². The number of nitrogens with one attached hydrogen (secondary N) is 1. The van der Waals surface area contributed by atoms with E-state index < -0.39 is 0 Å². The third kappa shape index (κ3) is 4.72. The third-order valence-corrected chi connectivity index (χ3v) is 3.46. The van der Waals surface area contributed by atoms with Crippen LogP contribution < -0.4 is 5.32 Å². The molecule has 0 radical (unpaired) electrons. The van der Waals surface area contributed by atoms with Crippen LogP contribution in [0.5, 0.6) is 0 Å². The molecule has 1 atom stereocenters. The summed E-state index contributed by atoms with van der Waals surface area (Å²) in [4.78, 5) is 18.0. The van der Waals surface area contributed by atoms with E-state index in [4.69, 9.17) is 0 Å². The molecule has 5 nitrogen and oxygen atoms in total. The molecule has 5 heteroatoms. The van der Waals surface area contributed by atoms with Crippen molar-refractivity contribution in [3.63, 3.8) is 0 Å². The number of nitrogens with zero attached hydrogens (tertiary/aromatic N) is 3. The quantitative estimate of drug-likeness (QED) is 0.842. The molecule has 1 unspecified atom stereocenters. The van der Waals surface area contributed by atoms with Crippen LogP contribution in [-0.4, -0.2) is 41.0 Å². The minimum atomic E-state index is 0.0616. The van der Waals surface area contributed by atoms with Crippen LogP contribution in [0.25, 0.3) is 0 Å².